The molecule has 1 aromatic carbocycles. The Bertz CT molecular complexity index is 700. The molecule has 1 amide bonds. The van der Waals surface area contributed by atoms with Crippen LogP contribution in [0, 0.1) is 0 Å². The third-order valence-corrected chi connectivity index (χ3v) is 2.71. The van der Waals surface area contributed by atoms with E-state index in [1.807, 2.05) is 0 Å². The quantitative estimate of drug-likeness (QED) is 0.790. The highest BCUT2D eigenvalue weighted by Gasteiger charge is 2.15. The van der Waals surface area contributed by atoms with Crippen LogP contribution in [-0.4, -0.2) is 34.2 Å². The number of aromatic carboxylic acids is 1. The second-order valence-corrected chi connectivity index (χ2v) is 4.05. The predicted octanol–water partition coefficient (Wildman–Crippen LogP) is 1.75. The minimum atomic E-state index is -1.13. The minimum absolute atomic E-state index is 0.00289. The van der Waals surface area contributed by atoms with Gasteiger partial charge in [-0.05, 0) is 24.3 Å². The van der Waals surface area contributed by atoms with Gasteiger partial charge in [0.1, 0.15) is 5.82 Å². The number of carbonyl (C=O) groups is 2. The van der Waals surface area contributed by atoms with Gasteiger partial charge in [0.2, 0.25) is 0 Å². The molecule has 0 unspecified atom stereocenters. The molecule has 0 bridgehead atoms. The zero-order chi connectivity index (χ0) is 15.4. The van der Waals surface area contributed by atoms with Gasteiger partial charge in [-0.15, -0.1) is 0 Å². The van der Waals surface area contributed by atoms with Gasteiger partial charge in [-0.3, -0.25) is 4.79 Å². The number of carboxylic acid groups (broad SMARTS) is 1. The van der Waals surface area contributed by atoms with Crippen molar-refractivity contribution in [2.24, 2.45) is 0 Å². The number of carboxylic acids is 1. The number of carbonyl (C=O) groups excluding carboxylic acids is 1. The first-order valence-corrected chi connectivity index (χ1v) is 5.89. The Kier molecular flexibility index (Phi) is 4.03. The van der Waals surface area contributed by atoms with Crippen molar-refractivity contribution in [3.8, 4) is 11.5 Å². The molecule has 0 radical (unpaired) electrons. The Morgan fingerprint density at radius 1 is 1.29 bits per heavy atom. The number of methoxy groups -OCH3 is 1. The summed E-state index contributed by atoms with van der Waals surface area (Å²) in [5.41, 5.74) is -0.00737. The fourth-order valence-corrected chi connectivity index (χ4v) is 1.69. The van der Waals surface area contributed by atoms with Crippen LogP contribution in [0.2, 0.25) is 0 Å². The van der Waals surface area contributed by atoms with E-state index in [1.54, 1.807) is 6.07 Å². The molecule has 1 heterocycles. The largest absolute Gasteiger partial charge is 0.504 e. The average Bonchev–Trinajstić information content (AvgIpc) is 2.47. The van der Waals surface area contributed by atoms with E-state index in [2.05, 4.69) is 10.3 Å². The summed E-state index contributed by atoms with van der Waals surface area (Å²) in [5, 5.41) is 21.2. The van der Waals surface area contributed by atoms with Crippen molar-refractivity contribution in [1.29, 1.82) is 0 Å². The maximum Gasteiger partial charge on any atom is 0.335 e. The molecular formula is C14H12N2O5. The lowest BCUT2D eigenvalue weighted by atomic mass is 10.1. The number of ether oxygens (including phenoxy) is 1. The Morgan fingerprint density at radius 3 is 2.71 bits per heavy atom. The second kappa shape index (κ2) is 5.91. The van der Waals surface area contributed by atoms with Crippen molar-refractivity contribution in [2.45, 2.75) is 0 Å². The molecule has 0 aliphatic rings. The average molecular weight is 288 g/mol. The number of rotatable bonds is 4. The summed E-state index contributed by atoms with van der Waals surface area (Å²) < 4.78 is 4.91. The molecule has 0 spiro atoms. The van der Waals surface area contributed by atoms with E-state index in [0.717, 1.165) is 0 Å². The molecule has 0 atom stereocenters. The van der Waals surface area contributed by atoms with Crippen molar-refractivity contribution < 1.29 is 24.5 Å². The van der Waals surface area contributed by atoms with Crippen LogP contribution < -0.4 is 10.1 Å². The highest BCUT2D eigenvalue weighted by molar-refractivity contribution is 6.06. The SMILES string of the molecule is COc1cccc(C(=O)Nc2cc(C(=O)O)ccn2)c1O. The van der Waals surface area contributed by atoms with E-state index in [-0.39, 0.29) is 28.4 Å². The maximum absolute atomic E-state index is 12.1. The third-order valence-electron chi connectivity index (χ3n) is 2.71. The first-order valence-electron chi connectivity index (χ1n) is 5.89. The summed E-state index contributed by atoms with van der Waals surface area (Å²) in [7, 11) is 1.37. The number of para-hydroxylation sites is 1. The summed E-state index contributed by atoms with van der Waals surface area (Å²) in [6, 6.07) is 7.00. The van der Waals surface area contributed by atoms with E-state index >= 15 is 0 Å². The monoisotopic (exact) mass is 288 g/mol. The number of hydrogen-bond acceptors (Lipinski definition) is 5. The zero-order valence-electron chi connectivity index (χ0n) is 11.0. The topological polar surface area (TPSA) is 109 Å². The third kappa shape index (κ3) is 3.08. The van der Waals surface area contributed by atoms with Crippen LogP contribution in [0.3, 0.4) is 0 Å². The highest BCUT2D eigenvalue weighted by atomic mass is 16.5. The summed E-state index contributed by atoms with van der Waals surface area (Å²) in [6.07, 6.45) is 1.27. The van der Waals surface area contributed by atoms with Crippen LogP contribution in [-0.2, 0) is 0 Å². The van der Waals surface area contributed by atoms with Gasteiger partial charge < -0.3 is 20.3 Å². The van der Waals surface area contributed by atoms with Gasteiger partial charge in [-0.2, -0.15) is 0 Å². The smallest absolute Gasteiger partial charge is 0.335 e. The van der Waals surface area contributed by atoms with E-state index in [1.165, 1.54) is 37.6 Å². The van der Waals surface area contributed by atoms with Crippen molar-refractivity contribution in [2.75, 3.05) is 12.4 Å². The number of nitrogens with zero attached hydrogens (tertiary/aromatic N) is 1. The number of phenols is 1. The molecule has 7 nitrogen and oxygen atoms in total. The molecule has 0 saturated heterocycles. The Balaban J connectivity index is 2.26. The first kappa shape index (κ1) is 14.3. The van der Waals surface area contributed by atoms with Gasteiger partial charge in [-0.1, -0.05) is 6.07 Å². The van der Waals surface area contributed by atoms with Crippen LogP contribution in [0.25, 0.3) is 0 Å². The van der Waals surface area contributed by atoms with Crippen LogP contribution >= 0.6 is 0 Å². The normalized spacial score (nSPS) is 9.95. The van der Waals surface area contributed by atoms with E-state index in [9.17, 15) is 14.7 Å². The molecule has 3 N–H and O–H groups in total. The Labute approximate surface area is 119 Å². The van der Waals surface area contributed by atoms with Crippen molar-refractivity contribution >= 4 is 17.7 Å². The molecule has 0 aliphatic carbocycles. The van der Waals surface area contributed by atoms with Crippen molar-refractivity contribution in [3.63, 3.8) is 0 Å². The molecule has 7 heteroatoms. The number of aromatic hydroxyl groups is 1. The van der Waals surface area contributed by atoms with Crippen LogP contribution in [0.4, 0.5) is 5.82 Å². The molecule has 0 saturated carbocycles. The molecule has 2 aromatic rings. The standard InChI is InChI=1S/C14H12N2O5/c1-21-10-4-2-3-9(12(10)17)13(18)16-11-7-8(14(19)20)5-6-15-11/h2-7,17H,1H3,(H,19,20)(H,15,16,18). The summed E-state index contributed by atoms with van der Waals surface area (Å²) in [6.45, 7) is 0. The summed E-state index contributed by atoms with van der Waals surface area (Å²) in [5.74, 6) is -1.82. The van der Waals surface area contributed by atoms with E-state index in [0.29, 0.717) is 0 Å². The molecule has 108 valence electrons. The number of pyridine rings is 1. The Hall–Kier alpha value is -3.09. The van der Waals surface area contributed by atoms with Crippen molar-refractivity contribution in [1.82, 2.24) is 4.98 Å². The molecule has 21 heavy (non-hydrogen) atoms. The number of benzene rings is 1. The number of hydrogen-bond donors (Lipinski definition) is 3. The molecular weight excluding hydrogens is 276 g/mol. The minimum Gasteiger partial charge on any atom is -0.504 e. The molecule has 1 aromatic heterocycles. The van der Waals surface area contributed by atoms with Crippen LogP contribution in [0.15, 0.2) is 36.5 Å². The van der Waals surface area contributed by atoms with Crippen LogP contribution in [0.1, 0.15) is 20.7 Å². The second-order valence-electron chi connectivity index (χ2n) is 4.05. The number of amides is 1. The fourth-order valence-electron chi connectivity index (χ4n) is 1.69. The van der Waals surface area contributed by atoms with Gasteiger partial charge in [0.25, 0.3) is 5.91 Å². The van der Waals surface area contributed by atoms with Crippen molar-refractivity contribution in [3.05, 3.63) is 47.7 Å². The number of phenolic OH excluding ortho intramolecular Hbond substituents is 1. The van der Waals surface area contributed by atoms with Gasteiger partial charge in [0.15, 0.2) is 11.5 Å². The van der Waals surface area contributed by atoms with E-state index in [4.69, 9.17) is 9.84 Å². The lowest BCUT2D eigenvalue weighted by Gasteiger charge is -2.09. The molecule has 0 aliphatic heterocycles. The molecule has 2 rings (SSSR count). The maximum atomic E-state index is 12.1. The van der Waals surface area contributed by atoms with Gasteiger partial charge in [-0.25, -0.2) is 9.78 Å². The predicted molar refractivity (Wildman–Crippen MR) is 73.8 cm³/mol. The van der Waals surface area contributed by atoms with E-state index < -0.39 is 11.9 Å². The lowest BCUT2D eigenvalue weighted by Crippen LogP contribution is -2.14. The summed E-state index contributed by atoms with van der Waals surface area (Å²) >= 11 is 0. The lowest BCUT2D eigenvalue weighted by molar-refractivity contribution is 0.0696. The number of anilines is 1. The van der Waals surface area contributed by atoms with Gasteiger partial charge in [0, 0.05) is 6.20 Å². The number of nitrogens with one attached hydrogen (secondary N) is 1. The zero-order valence-corrected chi connectivity index (χ0v) is 11.0. The van der Waals surface area contributed by atoms with Crippen LogP contribution in [0.5, 0.6) is 11.5 Å². The first-order chi connectivity index (χ1) is 10.0. The van der Waals surface area contributed by atoms with Gasteiger partial charge in [0.05, 0.1) is 18.2 Å². The number of aromatic nitrogens is 1. The Morgan fingerprint density at radius 2 is 2.05 bits per heavy atom. The fraction of sp³-hybridized carbons (Fsp3) is 0.0714. The molecule has 0 fully saturated rings. The highest BCUT2D eigenvalue weighted by Crippen LogP contribution is 2.29. The van der Waals surface area contributed by atoms with Gasteiger partial charge >= 0.3 is 5.97 Å². The summed E-state index contributed by atoms with van der Waals surface area (Å²) in [4.78, 5) is 26.8.